The third-order valence-corrected chi connectivity index (χ3v) is 8.48. The van der Waals surface area contributed by atoms with Crippen LogP contribution in [0.4, 0.5) is 0 Å². The van der Waals surface area contributed by atoms with Gasteiger partial charge >= 0.3 is 0 Å². The molecule has 0 radical (unpaired) electrons. The second-order valence-corrected chi connectivity index (χ2v) is 13.2. The molecular weight excluding hydrogens is 359 g/mol. The number of rotatable bonds is 2. The van der Waals surface area contributed by atoms with Gasteiger partial charge in [-0.05, 0) is 41.8 Å². The molecule has 0 aliphatic carbocycles. The largest absolute Gasteiger partial charge is 0.292 e. The van der Waals surface area contributed by atoms with Gasteiger partial charge in [0.2, 0.25) is 0 Å². The van der Waals surface area contributed by atoms with Crippen LogP contribution in [0.3, 0.4) is 0 Å². The molecule has 1 aromatic heterocycles. The molecule has 0 atom stereocenters. The minimum absolute atomic E-state index is 0.150. The molecule has 0 amide bonds. The van der Waals surface area contributed by atoms with Crippen molar-refractivity contribution in [3.8, 4) is 5.69 Å². The number of para-hydroxylation sites is 2. The van der Waals surface area contributed by atoms with Crippen LogP contribution in [0, 0.1) is 0 Å². The van der Waals surface area contributed by atoms with Crippen molar-refractivity contribution >= 4 is 35.3 Å². The van der Waals surface area contributed by atoms with Crippen LogP contribution in [0.25, 0.3) is 27.5 Å². The van der Waals surface area contributed by atoms with Gasteiger partial charge in [-0.1, -0.05) is 90.1 Å². The van der Waals surface area contributed by atoms with E-state index in [1.807, 2.05) is 0 Å². The number of benzene rings is 3. The predicted octanol–water partition coefficient (Wildman–Crippen LogP) is 6.88. The summed E-state index contributed by atoms with van der Waals surface area (Å²) in [4.78, 5) is 5.22. The Morgan fingerprint density at radius 2 is 1.32 bits per heavy atom. The number of aromatic nitrogens is 2. The highest BCUT2D eigenvalue weighted by Gasteiger charge is 2.39. The van der Waals surface area contributed by atoms with Crippen molar-refractivity contribution in [1.29, 1.82) is 0 Å². The van der Waals surface area contributed by atoms with Crippen molar-refractivity contribution in [2.75, 3.05) is 0 Å². The maximum absolute atomic E-state index is 5.22. The molecule has 4 aromatic rings. The molecule has 3 heteroatoms. The van der Waals surface area contributed by atoms with Gasteiger partial charge in [-0.25, -0.2) is 4.98 Å². The fourth-order valence-electron chi connectivity index (χ4n) is 4.41. The third-order valence-electron chi connectivity index (χ3n) is 5.09. The number of imidazole rings is 1. The van der Waals surface area contributed by atoms with Crippen molar-refractivity contribution < 1.29 is 0 Å². The Labute approximate surface area is 169 Å². The van der Waals surface area contributed by atoms with E-state index >= 15 is 0 Å². The summed E-state index contributed by atoms with van der Waals surface area (Å²) < 4.78 is 2.43. The van der Waals surface area contributed by atoms with Crippen molar-refractivity contribution in [1.82, 2.24) is 9.55 Å². The molecule has 0 saturated carbocycles. The van der Waals surface area contributed by atoms with E-state index < -0.39 is 7.92 Å². The molecule has 0 spiro atoms. The Hall–Kier alpha value is -2.18. The Morgan fingerprint density at radius 1 is 0.714 bits per heavy atom. The molecule has 3 aromatic carbocycles. The average molecular weight is 388 g/mol. The van der Waals surface area contributed by atoms with E-state index in [-0.39, 0.29) is 10.3 Å². The first-order chi connectivity index (χ1) is 13.2. The van der Waals surface area contributed by atoms with Crippen molar-refractivity contribution in [2.24, 2.45) is 0 Å². The van der Waals surface area contributed by atoms with E-state index in [9.17, 15) is 0 Å². The minimum Gasteiger partial charge on any atom is -0.292 e. The summed E-state index contributed by atoms with van der Waals surface area (Å²) in [6.45, 7) is 14.1. The molecule has 144 valence electrons. The minimum atomic E-state index is -0.533. The zero-order valence-corrected chi connectivity index (χ0v) is 18.6. The van der Waals surface area contributed by atoms with Crippen LogP contribution in [-0.2, 0) is 0 Å². The normalized spacial score (nSPS) is 13.0. The van der Waals surface area contributed by atoms with Gasteiger partial charge in [0, 0.05) is 5.39 Å². The Morgan fingerprint density at radius 3 is 2.04 bits per heavy atom. The fraction of sp³-hybridized carbons (Fsp3) is 0.320. The molecule has 0 saturated heterocycles. The van der Waals surface area contributed by atoms with E-state index in [0.717, 1.165) is 5.52 Å². The van der Waals surface area contributed by atoms with Crippen LogP contribution in [0.15, 0.2) is 66.7 Å². The van der Waals surface area contributed by atoms with E-state index in [1.165, 1.54) is 27.5 Å². The standard InChI is InChI=1S/C25H29N2P/c1-24(2,3)28(25(4,5)6)23-26-20-15-9-10-16-22(20)27(23)21-17-11-13-18-12-7-8-14-19(18)21/h7-17H,1-6H3. The van der Waals surface area contributed by atoms with Crippen LogP contribution >= 0.6 is 7.92 Å². The molecule has 28 heavy (non-hydrogen) atoms. The first-order valence-electron chi connectivity index (χ1n) is 9.94. The van der Waals surface area contributed by atoms with E-state index in [4.69, 9.17) is 4.98 Å². The lowest BCUT2D eigenvalue weighted by atomic mass is 10.1. The van der Waals surface area contributed by atoms with Gasteiger partial charge in [0.1, 0.15) is 5.57 Å². The maximum Gasteiger partial charge on any atom is 0.138 e. The topological polar surface area (TPSA) is 17.8 Å². The lowest BCUT2D eigenvalue weighted by molar-refractivity contribution is 0.712. The highest BCUT2D eigenvalue weighted by molar-refractivity contribution is 7.68. The lowest BCUT2D eigenvalue weighted by Crippen LogP contribution is -2.35. The summed E-state index contributed by atoms with van der Waals surface area (Å²) >= 11 is 0. The molecule has 2 nitrogen and oxygen atoms in total. The first-order valence-corrected chi connectivity index (χ1v) is 11.3. The monoisotopic (exact) mass is 388 g/mol. The van der Waals surface area contributed by atoms with Crippen molar-refractivity contribution in [2.45, 2.75) is 51.9 Å². The molecule has 0 fully saturated rings. The summed E-state index contributed by atoms with van der Waals surface area (Å²) in [6.07, 6.45) is 0. The zero-order chi connectivity index (χ0) is 20.1. The molecule has 4 rings (SSSR count). The molecular formula is C25H29N2P. The molecule has 0 bridgehead atoms. The second kappa shape index (κ2) is 6.71. The maximum atomic E-state index is 5.22. The molecule has 0 unspecified atom stereocenters. The molecule has 0 aliphatic rings. The first kappa shape index (κ1) is 19.2. The highest BCUT2D eigenvalue weighted by atomic mass is 31.1. The summed E-state index contributed by atoms with van der Waals surface area (Å²) in [5, 5.41) is 2.83. The quantitative estimate of drug-likeness (QED) is 0.342. The van der Waals surface area contributed by atoms with E-state index in [0.29, 0.717) is 0 Å². The van der Waals surface area contributed by atoms with Crippen molar-refractivity contribution in [3.05, 3.63) is 66.7 Å². The van der Waals surface area contributed by atoms with Gasteiger partial charge < -0.3 is 0 Å². The number of fused-ring (bicyclic) bond motifs is 2. The highest BCUT2D eigenvalue weighted by Crippen LogP contribution is 2.58. The van der Waals surface area contributed by atoms with Gasteiger partial charge in [-0.3, -0.25) is 4.57 Å². The van der Waals surface area contributed by atoms with Gasteiger partial charge in [0.25, 0.3) is 0 Å². The van der Waals surface area contributed by atoms with E-state index in [2.05, 4.69) is 113 Å². The smallest absolute Gasteiger partial charge is 0.138 e. The Kier molecular flexibility index (Phi) is 4.59. The molecule has 1 heterocycles. The predicted molar refractivity (Wildman–Crippen MR) is 125 cm³/mol. The lowest BCUT2D eigenvalue weighted by Gasteiger charge is -2.40. The summed E-state index contributed by atoms with van der Waals surface area (Å²) in [5.41, 5.74) is 4.71. The summed E-state index contributed by atoms with van der Waals surface area (Å²) in [7, 11) is -0.533. The third kappa shape index (κ3) is 3.25. The summed E-state index contributed by atoms with van der Waals surface area (Å²) in [5.74, 6) is 0. The molecule has 0 aliphatic heterocycles. The average Bonchev–Trinajstić information content (AvgIpc) is 2.97. The SMILES string of the molecule is CC(C)(C)P(c1nc2ccccc2n1-c1cccc2ccccc12)C(C)(C)C. The van der Waals surface area contributed by atoms with Crippen LogP contribution in [0.5, 0.6) is 0 Å². The van der Waals surface area contributed by atoms with Gasteiger partial charge in [-0.2, -0.15) is 0 Å². The number of hydrogen-bond donors (Lipinski definition) is 0. The second-order valence-electron chi connectivity index (χ2n) is 9.41. The van der Waals surface area contributed by atoms with Crippen molar-refractivity contribution in [3.63, 3.8) is 0 Å². The van der Waals surface area contributed by atoms with Gasteiger partial charge in [-0.15, -0.1) is 0 Å². The molecule has 0 N–H and O–H groups in total. The van der Waals surface area contributed by atoms with Gasteiger partial charge in [0.15, 0.2) is 0 Å². The Balaban J connectivity index is 2.12. The van der Waals surface area contributed by atoms with Crippen LogP contribution in [0.1, 0.15) is 41.5 Å². The number of nitrogens with zero attached hydrogens (tertiary/aromatic N) is 2. The van der Waals surface area contributed by atoms with Crippen LogP contribution in [-0.4, -0.2) is 19.9 Å². The number of hydrogen-bond acceptors (Lipinski definition) is 1. The Bertz CT molecular complexity index is 1120. The van der Waals surface area contributed by atoms with Crippen LogP contribution < -0.4 is 5.57 Å². The van der Waals surface area contributed by atoms with Gasteiger partial charge in [0.05, 0.1) is 16.7 Å². The fourth-order valence-corrected chi connectivity index (χ4v) is 8.25. The summed E-state index contributed by atoms with van der Waals surface area (Å²) in [6, 6.07) is 23.8. The van der Waals surface area contributed by atoms with Crippen LogP contribution in [0.2, 0.25) is 0 Å². The van der Waals surface area contributed by atoms with E-state index in [1.54, 1.807) is 0 Å². The zero-order valence-electron chi connectivity index (χ0n) is 17.7.